The van der Waals surface area contributed by atoms with Crippen LogP contribution in [0.4, 0.5) is 5.69 Å². The number of methoxy groups -OCH3 is 1. The number of amides is 1. The molecule has 0 saturated carbocycles. The summed E-state index contributed by atoms with van der Waals surface area (Å²) in [5, 5.41) is 1.49. The maximum absolute atomic E-state index is 12.7. The standard InChI is InChI=1S/C18H16N4O2S/c1-24-13-5-2-4-12(10-13)22-8-9-25-18(22)21-17(23)15-11-20-16-14(15)6-3-7-19-16/h2-7,10-11H,8-9H2,1H3,(H,19,20). The number of benzene rings is 1. The third kappa shape index (κ3) is 2.98. The summed E-state index contributed by atoms with van der Waals surface area (Å²) in [6.45, 7) is 0.805. The number of thioether (sulfide) groups is 1. The van der Waals surface area contributed by atoms with Crippen LogP contribution in [-0.2, 0) is 0 Å². The second-order valence-corrected chi connectivity index (χ2v) is 6.57. The number of carbonyl (C=O) groups excluding carboxylic acids is 1. The molecule has 1 amide bonds. The molecule has 1 saturated heterocycles. The van der Waals surface area contributed by atoms with Gasteiger partial charge in [-0.25, -0.2) is 4.98 Å². The Kier molecular flexibility index (Phi) is 4.15. The minimum atomic E-state index is -0.267. The summed E-state index contributed by atoms with van der Waals surface area (Å²) in [7, 11) is 1.64. The first kappa shape index (κ1) is 15.7. The number of pyridine rings is 1. The fraction of sp³-hybridized carbons (Fsp3) is 0.167. The molecule has 0 radical (unpaired) electrons. The van der Waals surface area contributed by atoms with Crippen LogP contribution >= 0.6 is 11.8 Å². The van der Waals surface area contributed by atoms with Gasteiger partial charge < -0.3 is 14.6 Å². The molecule has 1 aliphatic heterocycles. The van der Waals surface area contributed by atoms with Crippen molar-refractivity contribution >= 4 is 39.6 Å². The lowest BCUT2D eigenvalue weighted by Gasteiger charge is -2.18. The maximum Gasteiger partial charge on any atom is 0.281 e. The van der Waals surface area contributed by atoms with E-state index in [1.54, 1.807) is 31.3 Å². The SMILES string of the molecule is COc1cccc(N2CCSC2=NC(=O)c2c[nH]c3ncccc23)c1. The molecule has 25 heavy (non-hydrogen) atoms. The number of aromatic nitrogens is 2. The van der Waals surface area contributed by atoms with Gasteiger partial charge in [-0.05, 0) is 24.3 Å². The van der Waals surface area contributed by atoms with Crippen LogP contribution in [-0.4, -0.2) is 40.5 Å². The molecule has 7 heteroatoms. The summed E-state index contributed by atoms with van der Waals surface area (Å²) in [4.78, 5) is 26.3. The number of ether oxygens (including phenoxy) is 1. The van der Waals surface area contributed by atoms with Crippen LogP contribution in [0.25, 0.3) is 11.0 Å². The molecule has 0 spiro atoms. The van der Waals surface area contributed by atoms with E-state index in [1.807, 2.05) is 41.3 Å². The number of amidine groups is 1. The van der Waals surface area contributed by atoms with E-state index in [2.05, 4.69) is 15.0 Å². The number of hydrogen-bond donors (Lipinski definition) is 1. The van der Waals surface area contributed by atoms with Gasteiger partial charge in [0.2, 0.25) is 0 Å². The van der Waals surface area contributed by atoms with Crippen molar-refractivity contribution in [2.45, 2.75) is 0 Å². The molecule has 0 bridgehead atoms. The zero-order chi connectivity index (χ0) is 17.2. The highest BCUT2D eigenvalue weighted by Crippen LogP contribution is 2.29. The fourth-order valence-electron chi connectivity index (χ4n) is 2.79. The monoisotopic (exact) mass is 352 g/mol. The third-order valence-corrected chi connectivity index (χ3v) is 4.98. The molecule has 0 atom stereocenters. The van der Waals surface area contributed by atoms with Crippen molar-refractivity contribution in [1.29, 1.82) is 0 Å². The summed E-state index contributed by atoms with van der Waals surface area (Å²) in [6, 6.07) is 11.4. The van der Waals surface area contributed by atoms with Gasteiger partial charge in [0.15, 0.2) is 5.17 Å². The van der Waals surface area contributed by atoms with Crippen LogP contribution in [0.2, 0.25) is 0 Å². The molecule has 4 rings (SSSR count). The number of hydrogen-bond acceptors (Lipinski definition) is 4. The van der Waals surface area contributed by atoms with E-state index in [0.29, 0.717) is 16.4 Å². The van der Waals surface area contributed by atoms with Gasteiger partial charge in [-0.1, -0.05) is 17.8 Å². The predicted octanol–water partition coefficient (Wildman–Crippen LogP) is 3.32. The minimum absolute atomic E-state index is 0.267. The number of fused-ring (bicyclic) bond motifs is 1. The summed E-state index contributed by atoms with van der Waals surface area (Å²) in [6.07, 6.45) is 3.36. The quantitative estimate of drug-likeness (QED) is 0.783. The van der Waals surface area contributed by atoms with Crippen molar-refractivity contribution in [3.8, 4) is 5.75 Å². The Morgan fingerprint density at radius 3 is 3.16 bits per heavy atom. The Morgan fingerprint density at radius 1 is 1.36 bits per heavy atom. The lowest BCUT2D eigenvalue weighted by Crippen LogP contribution is -2.24. The molecule has 3 heterocycles. The summed E-state index contributed by atoms with van der Waals surface area (Å²) >= 11 is 1.58. The van der Waals surface area contributed by atoms with E-state index in [1.165, 1.54) is 0 Å². The predicted molar refractivity (Wildman–Crippen MR) is 101 cm³/mol. The van der Waals surface area contributed by atoms with Crippen molar-refractivity contribution in [3.63, 3.8) is 0 Å². The van der Waals surface area contributed by atoms with Crippen molar-refractivity contribution in [1.82, 2.24) is 9.97 Å². The Hall–Kier alpha value is -2.80. The average Bonchev–Trinajstić information content (AvgIpc) is 3.28. The average molecular weight is 352 g/mol. The molecule has 0 unspecified atom stereocenters. The lowest BCUT2D eigenvalue weighted by molar-refractivity contribution is 0.100. The van der Waals surface area contributed by atoms with E-state index in [-0.39, 0.29) is 5.91 Å². The second kappa shape index (κ2) is 6.60. The van der Waals surface area contributed by atoms with Crippen LogP contribution in [0, 0.1) is 0 Å². The second-order valence-electron chi connectivity index (χ2n) is 5.50. The van der Waals surface area contributed by atoms with Crippen LogP contribution in [0.15, 0.2) is 53.8 Å². The zero-order valence-corrected chi connectivity index (χ0v) is 14.4. The highest BCUT2D eigenvalue weighted by molar-refractivity contribution is 8.14. The Balaban J connectivity index is 1.66. The van der Waals surface area contributed by atoms with Gasteiger partial charge in [-0.3, -0.25) is 4.79 Å². The molecule has 126 valence electrons. The molecule has 1 aromatic carbocycles. The minimum Gasteiger partial charge on any atom is -0.497 e. The largest absolute Gasteiger partial charge is 0.497 e. The van der Waals surface area contributed by atoms with Gasteiger partial charge in [0.1, 0.15) is 11.4 Å². The number of nitrogens with zero attached hydrogens (tertiary/aromatic N) is 3. The van der Waals surface area contributed by atoms with Gasteiger partial charge >= 0.3 is 0 Å². The summed E-state index contributed by atoms with van der Waals surface area (Å²) < 4.78 is 5.29. The van der Waals surface area contributed by atoms with Gasteiger partial charge in [-0.15, -0.1) is 0 Å². The molecule has 1 N–H and O–H groups in total. The van der Waals surface area contributed by atoms with E-state index >= 15 is 0 Å². The number of nitrogens with one attached hydrogen (secondary N) is 1. The lowest BCUT2D eigenvalue weighted by atomic mass is 10.2. The van der Waals surface area contributed by atoms with Crippen LogP contribution < -0.4 is 9.64 Å². The highest BCUT2D eigenvalue weighted by Gasteiger charge is 2.23. The number of H-pyrrole nitrogens is 1. The molecule has 0 aliphatic carbocycles. The Bertz CT molecular complexity index is 966. The Labute approximate surface area is 148 Å². The van der Waals surface area contributed by atoms with Gasteiger partial charge in [0, 0.05) is 41.8 Å². The van der Waals surface area contributed by atoms with Crippen LogP contribution in [0.3, 0.4) is 0 Å². The molecule has 6 nitrogen and oxygen atoms in total. The molecular formula is C18H16N4O2S. The summed E-state index contributed by atoms with van der Waals surface area (Å²) in [5.74, 6) is 1.40. The summed E-state index contributed by atoms with van der Waals surface area (Å²) in [5.41, 5.74) is 2.19. The molecular weight excluding hydrogens is 336 g/mol. The molecule has 1 aliphatic rings. The normalized spacial score (nSPS) is 15.9. The fourth-order valence-corrected chi connectivity index (χ4v) is 3.75. The van der Waals surface area contributed by atoms with Gasteiger partial charge in [0.25, 0.3) is 5.91 Å². The highest BCUT2D eigenvalue weighted by atomic mass is 32.2. The van der Waals surface area contributed by atoms with E-state index in [9.17, 15) is 4.79 Å². The maximum atomic E-state index is 12.7. The van der Waals surface area contributed by atoms with Gasteiger partial charge in [-0.2, -0.15) is 4.99 Å². The van der Waals surface area contributed by atoms with Crippen molar-refractivity contribution in [2.75, 3.05) is 24.3 Å². The Morgan fingerprint density at radius 2 is 2.28 bits per heavy atom. The van der Waals surface area contributed by atoms with Crippen molar-refractivity contribution < 1.29 is 9.53 Å². The number of aliphatic imine (C=N–C) groups is 1. The number of rotatable bonds is 3. The van der Waals surface area contributed by atoms with Crippen molar-refractivity contribution in [2.24, 2.45) is 4.99 Å². The van der Waals surface area contributed by atoms with E-state index < -0.39 is 0 Å². The zero-order valence-electron chi connectivity index (χ0n) is 13.6. The third-order valence-electron chi connectivity index (χ3n) is 4.02. The van der Waals surface area contributed by atoms with Crippen LogP contribution in [0.5, 0.6) is 5.75 Å². The van der Waals surface area contributed by atoms with E-state index in [4.69, 9.17) is 4.74 Å². The first-order chi connectivity index (χ1) is 12.3. The number of anilines is 1. The molecule has 1 fully saturated rings. The van der Waals surface area contributed by atoms with Crippen LogP contribution in [0.1, 0.15) is 10.4 Å². The van der Waals surface area contributed by atoms with E-state index in [0.717, 1.165) is 29.1 Å². The smallest absolute Gasteiger partial charge is 0.281 e. The first-order valence-corrected chi connectivity index (χ1v) is 8.84. The first-order valence-electron chi connectivity index (χ1n) is 7.86. The topological polar surface area (TPSA) is 70.6 Å². The number of carbonyl (C=O) groups is 1. The molecule has 2 aromatic heterocycles. The van der Waals surface area contributed by atoms with Crippen molar-refractivity contribution in [3.05, 3.63) is 54.4 Å². The van der Waals surface area contributed by atoms with Gasteiger partial charge in [0.05, 0.1) is 12.7 Å². The molecule has 3 aromatic rings. The number of aromatic amines is 1.